The van der Waals surface area contributed by atoms with E-state index in [1.165, 1.54) is 32.1 Å². The first-order valence-corrected chi connectivity index (χ1v) is 6.69. The molecular formula is C15H26O2. The predicted octanol–water partition coefficient (Wildman–Crippen LogP) is 4.10. The lowest BCUT2D eigenvalue weighted by atomic mass is 9.75. The lowest BCUT2D eigenvalue weighted by molar-refractivity contribution is -0.155. The van der Waals surface area contributed by atoms with Gasteiger partial charge in [0.15, 0.2) is 0 Å². The van der Waals surface area contributed by atoms with Crippen LogP contribution in [0.3, 0.4) is 0 Å². The summed E-state index contributed by atoms with van der Waals surface area (Å²) in [4.78, 5) is 11.7. The number of hydrogen-bond donors (Lipinski definition) is 0. The van der Waals surface area contributed by atoms with E-state index in [0.29, 0.717) is 11.5 Å². The molecule has 98 valence electrons. The Morgan fingerprint density at radius 3 is 2.18 bits per heavy atom. The topological polar surface area (TPSA) is 26.3 Å². The fourth-order valence-electron chi connectivity index (χ4n) is 2.63. The Hall–Kier alpha value is -0.790. The van der Waals surface area contributed by atoms with Crippen molar-refractivity contribution in [1.82, 2.24) is 0 Å². The van der Waals surface area contributed by atoms with E-state index in [0.717, 1.165) is 0 Å². The van der Waals surface area contributed by atoms with Crippen LogP contribution in [0.15, 0.2) is 12.2 Å². The van der Waals surface area contributed by atoms with E-state index >= 15 is 0 Å². The quantitative estimate of drug-likeness (QED) is 0.546. The van der Waals surface area contributed by atoms with E-state index in [1.807, 2.05) is 0 Å². The summed E-state index contributed by atoms with van der Waals surface area (Å²) in [6, 6.07) is 0. The first-order chi connectivity index (χ1) is 7.82. The summed E-state index contributed by atoms with van der Waals surface area (Å²) in [7, 11) is 0. The predicted molar refractivity (Wildman–Crippen MR) is 70.7 cm³/mol. The van der Waals surface area contributed by atoms with Crippen LogP contribution in [-0.4, -0.2) is 12.1 Å². The molecule has 0 radical (unpaired) electrons. The SMILES string of the molecule is C=C(C)C(=O)OC(C1CCCCC1)C(C)(C)C. The van der Waals surface area contributed by atoms with E-state index in [2.05, 4.69) is 27.4 Å². The zero-order valence-corrected chi connectivity index (χ0v) is 11.7. The molecule has 1 saturated carbocycles. The molecule has 0 aromatic carbocycles. The zero-order valence-electron chi connectivity index (χ0n) is 11.7. The molecule has 1 unspecified atom stereocenters. The third kappa shape index (κ3) is 4.18. The number of hydrogen-bond acceptors (Lipinski definition) is 2. The fourth-order valence-corrected chi connectivity index (χ4v) is 2.63. The van der Waals surface area contributed by atoms with Gasteiger partial charge in [-0.15, -0.1) is 0 Å². The minimum Gasteiger partial charge on any atom is -0.458 e. The second kappa shape index (κ2) is 5.70. The Morgan fingerprint density at radius 1 is 1.24 bits per heavy atom. The van der Waals surface area contributed by atoms with Gasteiger partial charge in [-0.05, 0) is 31.1 Å². The van der Waals surface area contributed by atoms with Crippen LogP contribution in [-0.2, 0) is 9.53 Å². The number of carbonyl (C=O) groups is 1. The highest BCUT2D eigenvalue weighted by Gasteiger charge is 2.36. The molecule has 0 amide bonds. The third-order valence-electron chi connectivity index (χ3n) is 3.51. The lowest BCUT2D eigenvalue weighted by Crippen LogP contribution is -2.39. The Labute approximate surface area is 105 Å². The van der Waals surface area contributed by atoms with Crippen molar-refractivity contribution in [2.24, 2.45) is 11.3 Å². The fraction of sp³-hybridized carbons (Fsp3) is 0.800. The summed E-state index contributed by atoms with van der Waals surface area (Å²) in [5, 5.41) is 0. The van der Waals surface area contributed by atoms with Gasteiger partial charge in [0.25, 0.3) is 0 Å². The van der Waals surface area contributed by atoms with E-state index in [1.54, 1.807) is 6.92 Å². The molecule has 0 saturated heterocycles. The highest BCUT2D eigenvalue weighted by molar-refractivity contribution is 5.87. The zero-order chi connectivity index (χ0) is 13.1. The van der Waals surface area contributed by atoms with Crippen molar-refractivity contribution in [1.29, 1.82) is 0 Å². The maximum absolute atomic E-state index is 11.7. The van der Waals surface area contributed by atoms with Crippen molar-refractivity contribution in [3.63, 3.8) is 0 Å². The van der Waals surface area contributed by atoms with E-state index in [-0.39, 0.29) is 17.5 Å². The second-order valence-corrected chi connectivity index (χ2v) is 6.37. The van der Waals surface area contributed by atoms with E-state index < -0.39 is 0 Å². The van der Waals surface area contributed by atoms with E-state index in [9.17, 15) is 4.79 Å². The second-order valence-electron chi connectivity index (χ2n) is 6.37. The van der Waals surface area contributed by atoms with Crippen molar-refractivity contribution in [2.75, 3.05) is 0 Å². The summed E-state index contributed by atoms with van der Waals surface area (Å²) < 4.78 is 5.68. The molecule has 0 aromatic heterocycles. The van der Waals surface area contributed by atoms with Gasteiger partial charge in [-0.3, -0.25) is 0 Å². The van der Waals surface area contributed by atoms with Crippen LogP contribution in [0.2, 0.25) is 0 Å². The molecular weight excluding hydrogens is 212 g/mol. The summed E-state index contributed by atoms with van der Waals surface area (Å²) in [5.41, 5.74) is 0.502. The Morgan fingerprint density at radius 2 is 1.76 bits per heavy atom. The smallest absolute Gasteiger partial charge is 0.333 e. The lowest BCUT2D eigenvalue weighted by Gasteiger charge is -2.38. The molecule has 1 fully saturated rings. The summed E-state index contributed by atoms with van der Waals surface area (Å²) in [6.45, 7) is 11.8. The molecule has 0 N–H and O–H groups in total. The van der Waals surface area contributed by atoms with Crippen LogP contribution in [0.5, 0.6) is 0 Å². The van der Waals surface area contributed by atoms with Crippen molar-refractivity contribution < 1.29 is 9.53 Å². The van der Waals surface area contributed by atoms with Gasteiger partial charge in [-0.2, -0.15) is 0 Å². The molecule has 17 heavy (non-hydrogen) atoms. The van der Waals surface area contributed by atoms with Crippen LogP contribution < -0.4 is 0 Å². The van der Waals surface area contributed by atoms with Crippen LogP contribution in [0, 0.1) is 11.3 Å². The molecule has 1 rings (SSSR count). The first-order valence-electron chi connectivity index (χ1n) is 6.69. The van der Waals surface area contributed by atoms with E-state index in [4.69, 9.17) is 4.74 Å². The maximum atomic E-state index is 11.7. The molecule has 1 aliphatic rings. The van der Waals surface area contributed by atoms with Crippen LogP contribution >= 0.6 is 0 Å². The molecule has 0 aromatic rings. The van der Waals surface area contributed by atoms with Crippen molar-refractivity contribution in [2.45, 2.75) is 65.9 Å². The molecule has 1 atom stereocenters. The highest BCUT2D eigenvalue weighted by Crippen LogP contribution is 2.37. The van der Waals surface area contributed by atoms with Crippen LogP contribution in [0.25, 0.3) is 0 Å². The average molecular weight is 238 g/mol. The van der Waals surface area contributed by atoms with Gasteiger partial charge < -0.3 is 4.74 Å². The minimum absolute atomic E-state index is 0.00706. The molecule has 0 aliphatic heterocycles. The third-order valence-corrected chi connectivity index (χ3v) is 3.51. The number of ether oxygens (including phenoxy) is 1. The molecule has 1 aliphatic carbocycles. The summed E-state index contributed by atoms with van der Waals surface area (Å²) >= 11 is 0. The summed E-state index contributed by atoms with van der Waals surface area (Å²) in [6.07, 6.45) is 6.24. The van der Waals surface area contributed by atoms with Gasteiger partial charge in [0.2, 0.25) is 0 Å². The Balaban J connectivity index is 2.73. The molecule has 2 heteroatoms. The maximum Gasteiger partial charge on any atom is 0.333 e. The molecule has 2 nitrogen and oxygen atoms in total. The average Bonchev–Trinajstić information content (AvgIpc) is 2.25. The summed E-state index contributed by atoms with van der Waals surface area (Å²) in [5.74, 6) is 0.280. The largest absolute Gasteiger partial charge is 0.458 e. The van der Waals surface area contributed by atoms with Gasteiger partial charge in [0, 0.05) is 5.57 Å². The van der Waals surface area contributed by atoms with Crippen LogP contribution in [0.1, 0.15) is 59.8 Å². The van der Waals surface area contributed by atoms with Gasteiger partial charge in [-0.25, -0.2) is 4.79 Å². The Bertz CT molecular complexity index is 280. The molecule has 0 heterocycles. The Kier molecular flexibility index (Phi) is 4.79. The number of carbonyl (C=O) groups excluding carboxylic acids is 1. The van der Waals surface area contributed by atoms with Gasteiger partial charge in [0.05, 0.1) is 0 Å². The van der Waals surface area contributed by atoms with Gasteiger partial charge >= 0.3 is 5.97 Å². The van der Waals surface area contributed by atoms with Crippen molar-refractivity contribution >= 4 is 5.97 Å². The number of esters is 1. The first kappa shape index (κ1) is 14.3. The highest BCUT2D eigenvalue weighted by atomic mass is 16.5. The monoisotopic (exact) mass is 238 g/mol. The van der Waals surface area contributed by atoms with Gasteiger partial charge in [0.1, 0.15) is 6.10 Å². The molecule has 0 bridgehead atoms. The van der Waals surface area contributed by atoms with Crippen molar-refractivity contribution in [3.8, 4) is 0 Å². The van der Waals surface area contributed by atoms with Crippen molar-refractivity contribution in [3.05, 3.63) is 12.2 Å². The normalized spacial score (nSPS) is 19.8. The van der Waals surface area contributed by atoms with Crippen LogP contribution in [0.4, 0.5) is 0 Å². The minimum atomic E-state index is -0.240. The van der Waals surface area contributed by atoms with Gasteiger partial charge in [-0.1, -0.05) is 46.6 Å². The number of rotatable bonds is 3. The standard InChI is InChI=1S/C15H26O2/c1-11(2)14(16)17-13(15(3,4)5)12-9-7-6-8-10-12/h12-13H,1,6-10H2,2-5H3. The molecule has 0 spiro atoms.